The van der Waals surface area contributed by atoms with Gasteiger partial charge in [0.2, 0.25) is 0 Å². The molecule has 1 atom stereocenters. The van der Waals surface area contributed by atoms with Gasteiger partial charge in [-0.15, -0.1) is 22.7 Å². The highest BCUT2D eigenvalue weighted by Gasteiger charge is 2.19. The minimum absolute atomic E-state index is 0.229. The van der Waals surface area contributed by atoms with Crippen LogP contribution < -0.4 is 10.1 Å². The van der Waals surface area contributed by atoms with E-state index in [9.17, 15) is 9.18 Å². The predicted octanol–water partition coefficient (Wildman–Crippen LogP) is 5.75. The number of aryl methyl sites for hydroxylation is 1. The second-order valence-corrected chi connectivity index (χ2v) is 8.69. The highest BCUT2D eigenvalue weighted by molar-refractivity contribution is 7.10. The van der Waals surface area contributed by atoms with Crippen molar-refractivity contribution in [3.8, 4) is 5.75 Å². The lowest BCUT2D eigenvalue weighted by Gasteiger charge is -2.18. The number of nitrogens with zero attached hydrogens (tertiary/aromatic N) is 1. The Labute approximate surface area is 182 Å². The van der Waals surface area contributed by atoms with E-state index in [0.29, 0.717) is 17.9 Å². The molecule has 4 aromatic rings. The Hall–Kier alpha value is -3.03. The number of nitrogens with one attached hydrogen (secondary N) is 1. The molecule has 0 aliphatic carbocycles. The van der Waals surface area contributed by atoms with Gasteiger partial charge in [-0.3, -0.25) is 4.79 Å². The van der Waals surface area contributed by atoms with Gasteiger partial charge in [0.1, 0.15) is 18.2 Å². The first-order chi connectivity index (χ1) is 14.6. The number of thiazole rings is 1. The van der Waals surface area contributed by atoms with Crippen LogP contribution >= 0.6 is 22.7 Å². The molecule has 0 bridgehead atoms. The van der Waals surface area contributed by atoms with Crippen LogP contribution in [0.3, 0.4) is 0 Å². The Kier molecular flexibility index (Phi) is 6.21. The molecule has 2 heterocycles. The summed E-state index contributed by atoms with van der Waals surface area (Å²) in [6.07, 6.45) is 0. The molecule has 2 aromatic heterocycles. The molecule has 4 nitrogen and oxygen atoms in total. The van der Waals surface area contributed by atoms with Crippen molar-refractivity contribution < 1.29 is 13.9 Å². The summed E-state index contributed by atoms with van der Waals surface area (Å²) >= 11 is 3.11. The van der Waals surface area contributed by atoms with Gasteiger partial charge in [0.05, 0.1) is 16.7 Å². The van der Waals surface area contributed by atoms with Crippen LogP contribution in [0.1, 0.15) is 37.5 Å². The number of thiophene rings is 1. The molecular weight excluding hydrogens is 419 g/mol. The van der Waals surface area contributed by atoms with E-state index < -0.39 is 0 Å². The monoisotopic (exact) mass is 438 g/mol. The van der Waals surface area contributed by atoms with Crippen molar-refractivity contribution >= 4 is 28.6 Å². The van der Waals surface area contributed by atoms with Gasteiger partial charge >= 0.3 is 0 Å². The molecule has 152 valence electrons. The summed E-state index contributed by atoms with van der Waals surface area (Å²) in [4.78, 5) is 18.3. The highest BCUT2D eigenvalue weighted by atomic mass is 32.1. The van der Waals surface area contributed by atoms with E-state index in [4.69, 9.17) is 4.74 Å². The molecule has 0 radical (unpaired) electrons. The normalized spacial score (nSPS) is 11.8. The number of rotatable bonds is 7. The maximum absolute atomic E-state index is 13.4. The maximum Gasteiger partial charge on any atom is 0.252 e. The third-order valence-electron chi connectivity index (χ3n) is 4.46. The predicted molar refractivity (Wildman–Crippen MR) is 118 cm³/mol. The SMILES string of the molecule is Cc1nc(COc2cccc(C(=O)NC(c3ccc(F)cc3)c3cccs3)c2)cs1. The van der Waals surface area contributed by atoms with E-state index in [1.807, 2.05) is 35.9 Å². The number of carbonyl (C=O) groups is 1. The smallest absolute Gasteiger partial charge is 0.252 e. The quantitative estimate of drug-likeness (QED) is 0.400. The molecule has 7 heteroatoms. The molecule has 4 rings (SSSR count). The van der Waals surface area contributed by atoms with Crippen molar-refractivity contribution in [1.29, 1.82) is 0 Å². The summed E-state index contributed by atoms with van der Waals surface area (Å²) in [7, 11) is 0. The fourth-order valence-corrected chi connectivity index (χ4v) is 4.40. The van der Waals surface area contributed by atoms with Crippen molar-refractivity contribution in [3.05, 3.63) is 104 Å². The van der Waals surface area contributed by atoms with Crippen LogP contribution in [0.25, 0.3) is 0 Å². The number of amides is 1. The van der Waals surface area contributed by atoms with Gasteiger partial charge in [-0.05, 0) is 54.3 Å². The van der Waals surface area contributed by atoms with Crippen LogP contribution in [0, 0.1) is 12.7 Å². The van der Waals surface area contributed by atoms with Crippen LogP contribution in [0.5, 0.6) is 5.75 Å². The average molecular weight is 439 g/mol. The van der Waals surface area contributed by atoms with E-state index >= 15 is 0 Å². The zero-order valence-electron chi connectivity index (χ0n) is 16.2. The van der Waals surface area contributed by atoms with Crippen molar-refractivity contribution in [2.75, 3.05) is 0 Å². The maximum atomic E-state index is 13.4. The number of aromatic nitrogens is 1. The van der Waals surface area contributed by atoms with Crippen molar-refractivity contribution in [1.82, 2.24) is 10.3 Å². The van der Waals surface area contributed by atoms with Gasteiger partial charge in [-0.25, -0.2) is 9.37 Å². The minimum atomic E-state index is -0.361. The van der Waals surface area contributed by atoms with Gasteiger partial charge in [-0.2, -0.15) is 0 Å². The number of carbonyl (C=O) groups excluding carboxylic acids is 1. The summed E-state index contributed by atoms with van der Waals surface area (Å²) in [5.74, 6) is 0.0607. The van der Waals surface area contributed by atoms with Gasteiger partial charge in [0, 0.05) is 15.8 Å². The lowest BCUT2D eigenvalue weighted by atomic mass is 10.0. The Morgan fingerprint density at radius 1 is 1.13 bits per heavy atom. The molecule has 0 aliphatic heterocycles. The molecule has 2 aromatic carbocycles. The zero-order chi connectivity index (χ0) is 20.9. The van der Waals surface area contributed by atoms with Gasteiger partial charge in [0.15, 0.2) is 0 Å². The second kappa shape index (κ2) is 9.19. The third kappa shape index (κ3) is 4.93. The topological polar surface area (TPSA) is 51.2 Å². The van der Waals surface area contributed by atoms with E-state index in [1.165, 1.54) is 23.5 Å². The summed E-state index contributed by atoms with van der Waals surface area (Å²) in [5.41, 5.74) is 2.17. The first kappa shape index (κ1) is 20.3. The van der Waals surface area contributed by atoms with Crippen LogP contribution in [-0.2, 0) is 6.61 Å². The fraction of sp³-hybridized carbons (Fsp3) is 0.130. The first-order valence-corrected chi connectivity index (χ1v) is 11.1. The molecular formula is C23H19FN2O2S2. The molecule has 1 amide bonds. The van der Waals surface area contributed by atoms with E-state index in [1.54, 1.807) is 41.7 Å². The molecule has 1 unspecified atom stereocenters. The van der Waals surface area contributed by atoms with Crippen LogP contribution in [0.2, 0.25) is 0 Å². The van der Waals surface area contributed by atoms with Crippen molar-refractivity contribution in [2.24, 2.45) is 0 Å². The standard InChI is InChI=1S/C23H19FN2O2S2/c1-15-25-19(14-30-15)13-28-20-5-2-4-17(12-20)23(27)26-22(21-6-3-11-29-21)16-7-9-18(24)10-8-16/h2-12,14,22H,13H2,1H3,(H,26,27). The minimum Gasteiger partial charge on any atom is -0.487 e. The van der Waals surface area contributed by atoms with Gasteiger partial charge in [-0.1, -0.05) is 24.3 Å². The van der Waals surface area contributed by atoms with Crippen molar-refractivity contribution in [2.45, 2.75) is 19.6 Å². The lowest BCUT2D eigenvalue weighted by molar-refractivity contribution is 0.0943. The molecule has 0 aliphatic rings. The van der Waals surface area contributed by atoms with Crippen molar-refractivity contribution in [3.63, 3.8) is 0 Å². The largest absolute Gasteiger partial charge is 0.487 e. The van der Waals surface area contributed by atoms with E-state index in [-0.39, 0.29) is 17.8 Å². The zero-order valence-corrected chi connectivity index (χ0v) is 17.8. The molecule has 0 fully saturated rings. The van der Waals surface area contributed by atoms with Gasteiger partial charge < -0.3 is 10.1 Å². The lowest BCUT2D eigenvalue weighted by Crippen LogP contribution is -2.28. The van der Waals surface area contributed by atoms with E-state index in [0.717, 1.165) is 21.1 Å². The Bertz CT molecular complexity index is 1120. The third-order valence-corrected chi connectivity index (χ3v) is 6.22. The summed E-state index contributed by atoms with van der Waals surface area (Å²) in [5, 5.41) is 7.96. The fourth-order valence-electron chi connectivity index (χ4n) is 3.00. The second-order valence-electron chi connectivity index (χ2n) is 6.65. The molecule has 30 heavy (non-hydrogen) atoms. The highest BCUT2D eigenvalue weighted by Crippen LogP contribution is 2.27. The van der Waals surface area contributed by atoms with E-state index in [2.05, 4.69) is 10.3 Å². The number of hydrogen-bond donors (Lipinski definition) is 1. The molecule has 0 saturated carbocycles. The summed E-state index contributed by atoms with van der Waals surface area (Å²) < 4.78 is 19.2. The number of benzene rings is 2. The van der Waals surface area contributed by atoms with Gasteiger partial charge in [0.25, 0.3) is 5.91 Å². The Balaban J connectivity index is 1.50. The van der Waals surface area contributed by atoms with Crippen LogP contribution in [0.4, 0.5) is 4.39 Å². The average Bonchev–Trinajstić information content (AvgIpc) is 3.43. The first-order valence-electron chi connectivity index (χ1n) is 9.32. The van der Waals surface area contributed by atoms with Crippen LogP contribution in [-0.4, -0.2) is 10.9 Å². The summed E-state index contributed by atoms with van der Waals surface area (Å²) in [6.45, 7) is 2.30. The number of halogens is 1. The molecule has 0 saturated heterocycles. The van der Waals surface area contributed by atoms with Crippen LogP contribution in [0.15, 0.2) is 71.4 Å². The Morgan fingerprint density at radius 2 is 1.97 bits per heavy atom. The number of hydrogen-bond acceptors (Lipinski definition) is 5. The number of ether oxygens (including phenoxy) is 1. The summed E-state index contributed by atoms with van der Waals surface area (Å²) in [6, 6.07) is 16.8. The Morgan fingerprint density at radius 3 is 2.67 bits per heavy atom. The molecule has 0 spiro atoms. The molecule has 1 N–H and O–H groups in total.